The van der Waals surface area contributed by atoms with Gasteiger partial charge in [0.25, 0.3) is 0 Å². The van der Waals surface area contributed by atoms with E-state index < -0.39 is 0 Å². The Balaban J connectivity index is 2.91. The minimum atomic E-state index is 0.346. The minimum absolute atomic E-state index is 0.346. The lowest BCUT2D eigenvalue weighted by Crippen LogP contribution is -2.25. The molecule has 3 heteroatoms. The molecule has 0 fully saturated rings. The first-order valence-corrected chi connectivity index (χ1v) is 6.50. The smallest absolute Gasteiger partial charge is 0.121 e. The van der Waals surface area contributed by atoms with Gasteiger partial charge < -0.3 is 10.1 Å². The number of ether oxygens (including phenoxy) is 1. The van der Waals surface area contributed by atoms with Crippen LogP contribution in [-0.4, -0.2) is 13.2 Å². The Bertz CT molecular complexity index is 419. The molecule has 1 aromatic rings. The number of rotatable bonds is 6. The highest BCUT2D eigenvalue weighted by Crippen LogP contribution is 2.25. The average Bonchev–Trinajstić information content (AvgIpc) is 2.40. The van der Waals surface area contributed by atoms with Crippen molar-refractivity contribution < 1.29 is 4.74 Å². The summed E-state index contributed by atoms with van der Waals surface area (Å²) in [4.78, 5) is 0. The van der Waals surface area contributed by atoms with Crippen LogP contribution in [0.15, 0.2) is 18.2 Å². The molecule has 98 valence electrons. The van der Waals surface area contributed by atoms with E-state index in [1.54, 1.807) is 13.2 Å². The summed E-state index contributed by atoms with van der Waals surface area (Å²) < 4.78 is 5.20. The molecule has 1 rings (SSSR count). The Hall–Kier alpha value is -1.69. The Labute approximate surface area is 110 Å². The molecule has 0 aliphatic carbocycles. The number of hydrogen-bond donors (Lipinski definition) is 1. The lowest BCUT2D eigenvalue weighted by atomic mass is 9.95. The molecule has 1 N–H and O–H groups in total. The third-order valence-electron chi connectivity index (χ3n) is 3.49. The van der Waals surface area contributed by atoms with Crippen molar-refractivity contribution in [3.63, 3.8) is 0 Å². The molecule has 3 nitrogen and oxygen atoms in total. The fourth-order valence-electron chi connectivity index (χ4n) is 2.23. The fraction of sp³-hybridized carbons (Fsp3) is 0.533. The SMILES string of the molecule is CCC(CC)C(C)Nc1cc(OC)ccc1C#N. The van der Waals surface area contributed by atoms with Crippen molar-refractivity contribution in [1.82, 2.24) is 0 Å². The van der Waals surface area contributed by atoms with Crippen molar-refractivity contribution in [2.75, 3.05) is 12.4 Å². The number of nitriles is 1. The topological polar surface area (TPSA) is 45.0 Å². The zero-order chi connectivity index (χ0) is 13.5. The molecular weight excluding hydrogens is 224 g/mol. The second-order valence-electron chi connectivity index (χ2n) is 4.53. The summed E-state index contributed by atoms with van der Waals surface area (Å²) in [6, 6.07) is 8.05. The molecule has 0 saturated heterocycles. The summed E-state index contributed by atoms with van der Waals surface area (Å²) in [6.45, 7) is 6.56. The summed E-state index contributed by atoms with van der Waals surface area (Å²) in [5.74, 6) is 1.39. The molecule has 0 amide bonds. The quantitative estimate of drug-likeness (QED) is 0.830. The van der Waals surface area contributed by atoms with Crippen LogP contribution in [0.1, 0.15) is 39.2 Å². The Morgan fingerprint density at radius 3 is 2.50 bits per heavy atom. The van der Waals surface area contributed by atoms with Gasteiger partial charge >= 0.3 is 0 Å². The number of nitrogens with one attached hydrogen (secondary N) is 1. The molecule has 18 heavy (non-hydrogen) atoms. The summed E-state index contributed by atoms with van der Waals surface area (Å²) in [5.41, 5.74) is 1.52. The molecule has 0 spiro atoms. The molecule has 1 aromatic carbocycles. The van der Waals surface area contributed by atoms with Gasteiger partial charge in [-0.15, -0.1) is 0 Å². The molecule has 0 aliphatic rings. The average molecular weight is 246 g/mol. The molecule has 0 aromatic heterocycles. The molecule has 0 aliphatic heterocycles. The maximum atomic E-state index is 9.12. The predicted molar refractivity (Wildman–Crippen MR) is 74.9 cm³/mol. The lowest BCUT2D eigenvalue weighted by Gasteiger charge is -2.24. The van der Waals surface area contributed by atoms with E-state index in [9.17, 15) is 0 Å². The third kappa shape index (κ3) is 3.40. The Morgan fingerprint density at radius 1 is 1.33 bits per heavy atom. The van der Waals surface area contributed by atoms with Gasteiger partial charge in [0.05, 0.1) is 18.4 Å². The van der Waals surface area contributed by atoms with E-state index in [0.717, 1.165) is 24.3 Å². The van der Waals surface area contributed by atoms with Crippen LogP contribution in [0.2, 0.25) is 0 Å². The van der Waals surface area contributed by atoms with E-state index in [2.05, 4.69) is 32.2 Å². The lowest BCUT2D eigenvalue weighted by molar-refractivity contribution is 0.414. The van der Waals surface area contributed by atoms with E-state index in [1.807, 2.05) is 12.1 Å². The highest BCUT2D eigenvalue weighted by Gasteiger charge is 2.15. The summed E-state index contributed by atoms with van der Waals surface area (Å²) in [7, 11) is 1.63. The van der Waals surface area contributed by atoms with Gasteiger partial charge in [0.15, 0.2) is 0 Å². The van der Waals surface area contributed by atoms with Gasteiger partial charge in [-0.2, -0.15) is 5.26 Å². The van der Waals surface area contributed by atoms with Crippen LogP contribution in [0.4, 0.5) is 5.69 Å². The van der Waals surface area contributed by atoms with Gasteiger partial charge in [0.2, 0.25) is 0 Å². The number of anilines is 1. The predicted octanol–water partition coefficient (Wildman–Crippen LogP) is 3.80. The van der Waals surface area contributed by atoms with Crippen molar-refractivity contribution in [2.45, 2.75) is 39.7 Å². The van der Waals surface area contributed by atoms with Crippen LogP contribution >= 0.6 is 0 Å². The zero-order valence-corrected chi connectivity index (χ0v) is 11.7. The number of nitrogens with zero attached hydrogens (tertiary/aromatic N) is 1. The van der Waals surface area contributed by atoms with Crippen LogP contribution in [0.5, 0.6) is 5.75 Å². The van der Waals surface area contributed by atoms with E-state index in [4.69, 9.17) is 10.00 Å². The van der Waals surface area contributed by atoms with Crippen molar-refractivity contribution in [3.8, 4) is 11.8 Å². The van der Waals surface area contributed by atoms with Gasteiger partial charge in [-0.1, -0.05) is 26.7 Å². The molecule has 0 saturated carbocycles. The van der Waals surface area contributed by atoms with E-state index in [1.165, 1.54) is 0 Å². The molecule has 1 unspecified atom stereocenters. The Kier molecular flexibility index (Phi) is 5.51. The van der Waals surface area contributed by atoms with Crippen LogP contribution in [0, 0.1) is 17.2 Å². The molecular formula is C15H22N2O. The van der Waals surface area contributed by atoms with Crippen molar-refractivity contribution in [2.24, 2.45) is 5.92 Å². The van der Waals surface area contributed by atoms with Gasteiger partial charge in [0, 0.05) is 12.1 Å². The number of methoxy groups -OCH3 is 1. The van der Waals surface area contributed by atoms with Crippen LogP contribution in [-0.2, 0) is 0 Å². The van der Waals surface area contributed by atoms with Gasteiger partial charge in [-0.25, -0.2) is 0 Å². The molecule has 0 heterocycles. The summed E-state index contributed by atoms with van der Waals surface area (Å²) in [6.07, 6.45) is 2.27. The van der Waals surface area contributed by atoms with Crippen molar-refractivity contribution in [3.05, 3.63) is 23.8 Å². The second-order valence-corrected chi connectivity index (χ2v) is 4.53. The highest BCUT2D eigenvalue weighted by molar-refractivity contribution is 5.60. The van der Waals surface area contributed by atoms with Crippen LogP contribution in [0.3, 0.4) is 0 Å². The third-order valence-corrected chi connectivity index (χ3v) is 3.49. The normalized spacial score (nSPS) is 12.0. The van der Waals surface area contributed by atoms with Gasteiger partial charge in [-0.05, 0) is 25.0 Å². The molecule has 0 radical (unpaired) electrons. The maximum Gasteiger partial charge on any atom is 0.121 e. The van der Waals surface area contributed by atoms with Crippen LogP contribution < -0.4 is 10.1 Å². The first-order chi connectivity index (χ1) is 8.65. The number of benzene rings is 1. The van der Waals surface area contributed by atoms with E-state index in [-0.39, 0.29) is 0 Å². The molecule has 1 atom stereocenters. The monoisotopic (exact) mass is 246 g/mol. The van der Waals surface area contributed by atoms with Crippen molar-refractivity contribution in [1.29, 1.82) is 5.26 Å². The van der Waals surface area contributed by atoms with Crippen LogP contribution in [0.25, 0.3) is 0 Å². The van der Waals surface area contributed by atoms with Crippen molar-refractivity contribution >= 4 is 5.69 Å². The van der Waals surface area contributed by atoms with Gasteiger partial charge in [-0.3, -0.25) is 0 Å². The summed E-state index contributed by atoms with van der Waals surface area (Å²) in [5, 5.41) is 12.6. The van der Waals surface area contributed by atoms with E-state index >= 15 is 0 Å². The summed E-state index contributed by atoms with van der Waals surface area (Å²) >= 11 is 0. The Morgan fingerprint density at radius 2 is 2.00 bits per heavy atom. The highest BCUT2D eigenvalue weighted by atomic mass is 16.5. The second kappa shape index (κ2) is 6.90. The standard InChI is InChI=1S/C15H22N2O/c1-5-12(6-2)11(3)17-15-9-14(18-4)8-7-13(15)10-16/h7-9,11-12,17H,5-6H2,1-4H3. The largest absolute Gasteiger partial charge is 0.497 e. The maximum absolute atomic E-state index is 9.12. The van der Waals surface area contributed by atoms with Gasteiger partial charge in [0.1, 0.15) is 11.8 Å². The number of hydrogen-bond acceptors (Lipinski definition) is 3. The first kappa shape index (κ1) is 14.4. The fourth-order valence-corrected chi connectivity index (χ4v) is 2.23. The first-order valence-electron chi connectivity index (χ1n) is 6.50. The molecule has 0 bridgehead atoms. The van der Waals surface area contributed by atoms with E-state index in [0.29, 0.717) is 17.5 Å². The zero-order valence-electron chi connectivity index (χ0n) is 11.7. The minimum Gasteiger partial charge on any atom is -0.497 e.